The van der Waals surface area contributed by atoms with E-state index in [2.05, 4.69) is 29.2 Å². The number of benzene rings is 3. The molecule has 3 aromatic rings. The maximum atomic E-state index is 13.8. The molecule has 3 aromatic carbocycles. The average Bonchev–Trinajstić information content (AvgIpc) is 3.19. The Kier molecular flexibility index (Phi) is 13.0. The lowest BCUT2D eigenvalue weighted by atomic mass is 9.86. The SMILES string of the molecule is CC(C)(C)OC(=O)N1CCC(C(=O)N2CCC(COc3cccc([C@](O)(C(=O)OCC4CCN(Cc5ccccc5)CC4)c4ccccc4)c3)CC2)CC1. The number of likely N-dealkylation sites (tertiary alicyclic amines) is 3. The van der Waals surface area contributed by atoms with Crippen molar-refractivity contribution in [3.05, 3.63) is 102 Å². The van der Waals surface area contributed by atoms with Gasteiger partial charge in [-0.2, -0.15) is 0 Å². The van der Waals surface area contributed by atoms with Gasteiger partial charge in [-0.3, -0.25) is 9.69 Å². The number of rotatable bonds is 11. The molecule has 6 rings (SSSR count). The summed E-state index contributed by atoms with van der Waals surface area (Å²) >= 11 is 0. The van der Waals surface area contributed by atoms with Gasteiger partial charge in [0, 0.05) is 44.2 Å². The van der Waals surface area contributed by atoms with Gasteiger partial charge in [-0.15, -0.1) is 0 Å². The van der Waals surface area contributed by atoms with E-state index >= 15 is 0 Å². The Bertz CT molecular complexity index is 1670. The second-order valence-corrected chi connectivity index (χ2v) is 16.2. The maximum absolute atomic E-state index is 13.8. The first-order valence-corrected chi connectivity index (χ1v) is 19.7. The van der Waals surface area contributed by atoms with Crippen LogP contribution in [-0.2, 0) is 31.2 Å². The lowest BCUT2D eigenvalue weighted by Gasteiger charge is -2.37. The molecule has 54 heavy (non-hydrogen) atoms. The van der Waals surface area contributed by atoms with E-state index in [4.69, 9.17) is 14.2 Å². The number of piperidine rings is 3. The van der Waals surface area contributed by atoms with Gasteiger partial charge in [0.05, 0.1) is 13.2 Å². The molecule has 0 saturated carbocycles. The first-order chi connectivity index (χ1) is 26.0. The molecule has 10 heteroatoms. The van der Waals surface area contributed by atoms with Gasteiger partial charge in [0.2, 0.25) is 11.5 Å². The Hall–Kier alpha value is -4.41. The molecule has 3 saturated heterocycles. The van der Waals surface area contributed by atoms with Gasteiger partial charge in [0.25, 0.3) is 0 Å². The van der Waals surface area contributed by atoms with E-state index in [9.17, 15) is 19.5 Å². The molecule has 0 aromatic heterocycles. The Morgan fingerprint density at radius 2 is 1.26 bits per heavy atom. The molecule has 3 heterocycles. The van der Waals surface area contributed by atoms with Crippen LogP contribution in [0.25, 0.3) is 0 Å². The molecule has 3 aliphatic rings. The highest BCUT2D eigenvalue weighted by Gasteiger charge is 2.42. The van der Waals surface area contributed by atoms with Crippen molar-refractivity contribution in [2.75, 3.05) is 52.5 Å². The molecule has 1 atom stereocenters. The van der Waals surface area contributed by atoms with Gasteiger partial charge in [0.15, 0.2) is 0 Å². The highest BCUT2D eigenvalue weighted by molar-refractivity contribution is 5.85. The van der Waals surface area contributed by atoms with Crippen LogP contribution >= 0.6 is 0 Å². The van der Waals surface area contributed by atoms with E-state index in [0.717, 1.165) is 45.3 Å². The van der Waals surface area contributed by atoms with Crippen LogP contribution < -0.4 is 4.74 Å². The zero-order valence-corrected chi connectivity index (χ0v) is 32.2. The van der Waals surface area contributed by atoms with Crippen LogP contribution in [0.3, 0.4) is 0 Å². The second kappa shape index (κ2) is 17.8. The molecular weight excluding hydrogens is 682 g/mol. The van der Waals surface area contributed by atoms with Gasteiger partial charge >= 0.3 is 12.1 Å². The number of hydrogen-bond donors (Lipinski definition) is 1. The topological polar surface area (TPSA) is 109 Å². The van der Waals surface area contributed by atoms with Crippen molar-refractivity contribution in [1.82, 2.24) is 14.7 Å². The minimum absolute atomic E-state index is 0.0766. The molecule has 0 aliphatic carbocycles. The summed E-state index contributed by atoms with van der Waals surface area (Å²) in [5, 5.41) is 12.2. The van der Waals surface area contributed by atoms with Gasteiger partial charge in [0.1, 0.15) is 11.4 Å². The smallest absolute Gasteiger partial charge is 0.410 e. The van der Waals surface area contributed by atoms with E-state index in [1.807, 2.05) is 43.9 Å². The molecule has 3 aliphatic heterocycles. The second-order valence-electron chi connectivity index (χ2n) is 16.2. The van der Waals surface area contributed by atoms with E-state index in [1.54, 1.807) is 47.4 Å². The van der Waals surface area contributed by atoms with Crippen LogP contribution in [0, 0.1) is 17.8 Å². The molecule has 3 fully saturated rings. The number of ether oxygens (including phenoxy) is 3. The fraction of sp³-hybridized carbons (Fsp3) is 0.523. The highest BCUT2D eigenvalue weighted by atomic mass is 16.6. The number of esters is 1. The van der Waals surface area contributed by atoms with E-state index in [-0.39, 0.29) is 36.4 Å². The first kappa shape index (κ1) is 39.3. The van der Waals surface area contributed by atoms with Crippen molar-refractivity contribution in [2.45, 2.75) is 77.0 Å². The van der Waals surface area contributed by atoms with Crippen molar-refractivity contribution in [1.29, 1.82) is 0 Å². The third-order valence-corrected chi connectivity index (χ3v) is 11.1. The van der Waals surface area contributed by atoms with Crippen LogP contribution in [0.5, 0.6) is 5.75 Å². The van der Waals surface area contributed by atoms with Crippen LogP contribution in [0.4, 0.5) is 4.79 Å². The summed E-state index contributed by atoms with van der Waals surface area (Å²) in [6.07, 6.45) is 4.49. The highest BCUT2D eigenvalue weighted by Crippen LogP contribution is 2.34. The van der Waals surface area contributed by atoms with E-state index < -0.39 is 17.2 Å². The zero-order chi connectivity index (χ0) is 38.1. The predicted molar refractivity (Wildman–Crippen MR) is 207 cm³/mol. The molecule has 0 unspecified atom stereocenters. The molecule has 2 amide bonds. The maximum Gasteiger partial charge on any atom is 0.410 e. The largest absolute Gasteiger partial charge is 0.493 e. The fourth-order valence-electron chi connectivity index (χ4n) is 7.77. The summed E-state index contributed by atoms with van der Waals surface area (Å²) < 4.78 is 17.7. The van der Waals surface area contributed by atoms with E-state index in [1.165, 1.54) is 5.56 Å². The van der Waals surface area contributed by atoms with Crippen molar-refractivity contribution < 1.29 is 33.7 Å². The fourth-order valence-corrected chi connectivity index (χ4v) is 7.77. The summed E-state index contributed by atoms with van der Waals surface area (Å²) in [6.45, 7) is 11.5. The quantitative estimate of drug-likeness (QED) is 0.218. The summed E-state index contributed by atoms with van der Waals surface area (Å²) in [4.78, 5) is 45.8. The average molecular weight is 740 g/mol. The monoisotopic (exact) mass is 739 g/mol. The van der Waals surface area contributed by atoms with Gasteiger partial charge in [-0.1, -0.05) is 72.8 Å². The molecule has 10 nitrogen and oxygen atoms in total. The van der Waals surface area contributed by atoms with Gasteiger partial charge in [-0.05, 0) is 107 Å². The van der Waals surface area contributed by atoms with Crippen molar-refractivity contribution in [2.24, 2.45) is 17.8 Å². The Labute approximate surface area is 320 Å². The minimum atomic E-state index is -2.00. The minimum Gasteiger partial charge on any atom is -0.493 e. The Morgan fingerprint density at radius 1 is 0.685 bits per heavy atom. The third-order valence-electron chi connectivity index (χ3n) is 11.1. The molecular formula is C44H57N3O7. The normalized spacial score (nSPS) is 19.2. The number of amides is 2. The number of aliphatic hydroxyl groups is 1. The van der Waals surface area contributed by atoms with Crippen molar-refractivity contribution in [3.8, 4) is 5.75 Å². The molecule has 0 radical (unpaired) electrons. The lowest BCUT2D eigenvalue weighted by molar-refractivity contribution is -0.164. The summed E-state index contributed by atoms with van der Waals surface area (Å²) in [5.41, 5.74) is -0.403. The number of carbonyl (C=O) groups excluding carboxylic acids is 3. The number of hydrogen-bond acceptors (Lipinski definition) is 8. The zero-order valence-electron chi connectivity index (χ0n) is 32.2. The first-order valence-electron chi connectivity index (χ1n) is 19.7. The molecule has 0 bridgehead atoms. The summed E-state index contributed by atoms with van der Waals surface area (Å²) in [7, 11) is 0. The standard InChI is InChI=1S/C44H57N3O7/c1-43(2,3)54-42(50)47-27-21-36(22-28-47)40(48)46-25-19-35(20-26-46)31-52-39-16-10-15-38(29-39)44(51,37-13-8-5-9-14-37)41(49)53-32-34-17-23-45(24-18-34)30-33-11-6-4-7-12-33/h4-16,29,34-36,51H,17-28,30-32H2,1-3H3/t44-/m0/s1. The van der Waals surface area contributed by atoms with Crippen LogP contribution in [0.2, 0.25) is 0 Å². The number of carbonyl (C=O) groups is 3. The Morgan fingerprint density at radius 3 is 1.91 bits per heavy atom. The van der Waals surface area contributed by atoms with Crippen LogP contribution in [0.15, 0.2) is 84.9 Å². The number of nitrogens with zero attached hydrogens (tertiary/aromatic N) is 3. The lowest BCUT2D eigenvalue weighted by Crippen LogP contribution is -2.47. The van der Waals surface area contributed by atoms with Crippen LogP contribution in [0.1, 0.15) is 76.0 Å². The van der Waals surface area contributed by atoms with Crippen LogP contribution in [-0.4, -0.2) is 95.9 Å². The Balaban J connectivity index is 0.989. The molecule has 1 N–H and O–H groups in total. The summed E-state index contributed by atoms with van der Waals surface area (Å²) in [6, 6.07) is 26.5. The van der Waals surface area contributed by atoms with Gasteiger partial charge < -0.3 is 29.1 Å². The van der Waals surface area contributed by atoms with Crippen molar-refractivity contribution >= 4 is 18.0 Å². The third kappa shape index (κ3) is 10.2. The predicted octanol–water partition coefficient (Wildman–Crippen LogP) is 6.64. The molecule has 0 spiro atoms. The molecule has 290 valence electrons. The van der Waals surface area contributed by atoms with E-state index in [0.29, 0.717) is 62.5 Å². The summed E-state index contributed by atoms with van der Waals surface area (Å²) in [5.74, 6) is 0.470. The van der Waals surface area contributed by atoms with Gasteiger partial charge in [-0.25, -0.2) is 9.59 Å². The van der Waals surface area contributed by atoms with Crippen molar-refractivity contribution in [3.63, 3.8) is 0 Å².